The van der Waals surface area contributed by atoms with Gasteiger partial charge >= 0.3 is 0 Å². The first-order valence-corrected chi connectivity index (χ1v) is 24.7. The Morgan fingerprint density at radius 3 is 1.92 bits per heavy atom. The minimum absolute atomic E-state index is 0. The summed E-state index contributed by atoms with van der Waals surface area (Å²) in [6.45, 7) is 2.14. The number of rotatable bonds is 9. The van der Waals surface area contributed by atoms with Crippen molar-refractivity contribution in [2.75, 3.05) is 9.80 Å². The average molecular weight is 1130 g/mol. The van der Waals surface area contributed by atoms with Crippen LogP contribution in [-0.2, 0) is 31.9 Å². The van der Waals surface area contributed by atoms with E-state index >= 15 is 0 Å². The summed E-state index contributed by atoms with van der Waals surface area (Å²) in [5.41, 5.74) is 11.9. The number of hydrogen-bond acceptors (Lipinski definition) is 4. The van der Waals surface area contributed by atoms with Crippen molar-refractivity contribution in [2.24, 2.45) is 0 Å². The van der Waals surface area contributed by atoms with Crippen LogP contribution in [0.4, 0.5) is 22.7 Å². The molecule has 3 heterocycles. The van der Waals surface area contributed by atoms with Gasteiger partial charge in [0, 0.05) is 72.2 Å². The maximum absolute atomic E-state index is 9.54. The van der Waals surface area contributed by atoms with E-state index in [2.05, 4.69) is 162 Å². The second-order valence-corrected chi connectivity index (χ2v) is 18.8. The zero-order valence-electron chi connectivity index (χ0n) is 43.7. The second kappa shape index (κ2) is 18.3. The average Bonchev–Trinajstić information content (AvgIpc) is 4.28. The number of pyridine rings is 1. The molecule has 0 unspecified atom stereocenters. The van der Waals surface area contributed by atoms with E-state index < -0.39 is 23.6 Å². The van der Waals surface area contributed by atoms with Gasteiger partial charge in [0.25, 0.3) is 0 Å². The Morgan fingerprint density at radius 1 is 0.507 bits per heavy atom. The SMILES string of the molecule is [2H]C1([2H])CCCC([2H])([2H])C1(c1ccccc1)c1ccnc(-n2c3[c-]c(Oc4[c-]c(N5[CH-]N(c6ccc7c(c6)C(c6ccccc6)(c6ccccc6)c6ccccc6-7)c6ccccc65)ccc4)ccc3c3ccccc32)c1.[Pt]. The van der Waals surface area contributed by atoms with Crippen LogP contribution in [-0.4, -0.2) is 9.55 Å². The predicted molar refractivity (Wildman–Crippen MR) is 292 cm³/mol. The molecular weight excluding hydrogens is 1070 g/mol. The molecule has 1 aliphatic heterocycles. The Morgan fingerprint density at radius 2 is 1.15 bits per heavy atom. The molecule has 0 amide bonds. The smallest absolute Gasteiger partial charge is 0.135 e. The van der Waals surface area contributed by atoms with E-state index in [0.717, 1.165) is 44.6 Å². The van der Waals surface area contributed by atoms with Gasteiger partial charge in [0.1, 0.15) is 5.82 Å². The molecule has 2 aromatic heterocycles. The van der Waals surface area contributed by atoms with E-state index in [1.54, 1.807) is 12.3 Å². The number of para-hydroxylation sites is 3. The van der Waals surface area contributed by atoms with Crippen molar-refractivity contribution in [3.8, 4) is 28.4 Å². The van der Waals surface area contributed by atoms with Gasteiger partial charge in [-0.05, 0) is 105 Å². The summed E-state index contributed by atoms with van der Waals surface area (Å²) in [6, 6.07) is 84.1. The summed E-state index contributed by atoms with van der Waals surface area (Å²) < 4.78 is 46.9. The number of anilines is 4. The third-order valence-electron chi connectivity index (χ3n) is 14.9. The normalized spacial score (nSPS) is 17.3. The molecular formula is C67H49N4OPt-3. The fraction of sp³-hybridized carbons (Fsp3) is 0.104. The van der Waals surface area contributed by atoms with Crippen molar-refractivity contribution < 1.29 is 31.3 Å². The molecule has 0 saturated heterocycles. The van der Waals surface area contributed by atoms with E-state index in [1.807, 2.05) is 89.5 Å². The first-order valence-electron chi connectivity index (χ1n) is 26.7. The van der Waals surface area contributed by atoms with E-state index in [1.165, 1.54) is 33.4 Å². The fourth-order valence-electron chi connectivity index (χ4n) is 11.8. The summed E-state index contributed by atoms with van der Waals surface area (Å²) in [5.74, 6) is 1.52. The first-order chi connectivity index (χ1) is 37.2. The van der Waals surface area contributed by atoms with E-state index in [9.17, 15) is 5.48 Å². The Labute approximate surface area is 446 Å². The molecule has 9 aromatic carbocycles. The van der Waals surface area contributed by atoms with Gasteiger partial charge in [0.2, 0.25) is 0 Å². The van der Waals surface area contributed by atoms with Crippen molar-refractivity contribution in [3.63, 3.8) is 0 Å². The zero-order valence-corrected chi connectivity index (χ0v) is 41.9. The van der Waals surface area contributed by atoms with Crippen LogP contribution in [0.1, 0.15) is 70.9 Å². The predicted octanol–water partition coefficient (Wildman–Crippen LogP) is 16.6. The molecule has 1 fully saturated rings. The van der Waals surface area contributed by atoms with Gasteiger partial charge in [0.05, 0.1) is 5.41 Å². The van der Waals surface area contributed by atoms with Crippen molar-refractivity contribution in [1.29, 1.82) is 0 Å². The summed E-state index contributed by atoms with van der Waals surface area (Å²) in [4.78, 5) is 9.34. The largest absolute Gasteiger partial charge is 0.509 e. The van der Waals surface area contributed by atoms with Crippen LogP contribution in [0.5, 0.6) is 11.5 Å². The van der Waals surface area contributed by atoms with Gasteiger partial charge in [-0.3, -0.25) is 0 Å². The molecule has 356 valence electrons. The third kappa shape index (κ3) is 7.19. The number of nitrogens with zero attached hydrogens (tertiary/aromatic N) is 4. The molecule has 0 atom stereocenters. The number of aromatic nitrogens is 2. The van der Waals surface area contributed by atoms with Gasteiger partial charge in [-0.15, -0.1) is 48.1 Å². The molecule has 1 saturated carbocycles. The monoisotopic (exact) mass is 1120 g/mol. The van der Waals surface area contributed by atoms with Crippen LogP contribution >= 0.6 is 0 Å². The maximum Gasteiger partial charge on any atom is 0.135 e. The van der Waals surface area contributed by atoms with Gasteiger partial charge in [-0.25, -0.2) is 4.98 Å². The van der Waals surface area contributed by atoms with Crippen LogP contribution in [0.2, 0.25) is 0 Å². The van der Waals surface area contributed by atoms with Gasteiger partial charge in [0.15, 0.2) is 0 Å². The number of hydrogen-bond donors (Lipinski definition) is 0. The fourth-order valence-corrected chi connectivity index (χ4v) is 11.8. The molecule has 0 bridgehead atoms. The Kier molecular flexibility index (Phi) is 10.2. The Balaban J connectivity index is 0.00000566. The van der Waals surface area contributed by atoms with Gasteiger partial charge in [-0.2, -0.15) is 12.1 Å². The number of ether oxygens (including phenoxy) is 1. The third-order valence-corrected chi connectivity index (χ3v) is 14.9. The molecule has 14 rings (SSSR count). The van der Waals surface area contributed by atoms with Crippen molar-refractivity contribution in [3.05, 3.63) is 283 Å². The van der Waals surface area contributed by atoms with Crippen LogP contribution in [0, 0.1) is 18.8 Å². The van der Waals surface area contributed by atoms with Crippen LogP contribution in [0.15, 0.2) is 231 Å². The van der Waals surface area contributed by atoms with Gasteiger partial charge < -0.3 is 19.1 Å². The molecule has 0 spiro atoms. The topological polar surface area (TPSA) is 33.5 Å². The molecule has 3 aliphatic rings. The Hall–Kier alpha value is -7.98. The van der Waals surface area contributed by atoms with Crippen molar-refractivity contribution in [1.82, 2.24) is 9.55 Å². The molecule has 2 aliphatic carbocycles. The van der Waals surface area contributed by atoms with Crippen molar-refractivity contribution in [2.45, 2.75) is 42.8 Å². The van der Waals surface area contributed by atoms with Gasteiger partial charge in [-0.1, -0.05) is 176 Å². The molecule has 5 nitrogen and oxygen atoms in total. The van der Waals surface area contributed by atoms with Crippen LogP contribution in [0.25, 0.3) is 38.8 Å². The van der Waals surface area contributed by atoms with Crippen LogP contribution < -0.4 is 14.5 Å². The number of benzene rings is 9. The number of fused-ring (bicyclic) bond motifs is 7. The molecule has 11 aromatic rings. The molecule has 6 heteroatoms. The quantitative estimate of drug-likeness (QED) is 0.135. The second-order valence-electron chi connectivity index (χ2n) is 18.8. The Bertz CT molecular complexity index is 3980. The summed E-state index contributed by atoms with van der Waals surface area (Å²) >= 11 is 0. The summed E-state index contributed by atoms with van der Waals surface area (Å²) in [5, 5.41) is 1.94. The molecule has 0 N–H and O–H groups in total. The van der Waals surface area contributed by atoms with Crippen molar-refractivity contribution >= 4 is 44.6 Å². The minimum Gasteiger partial charge on any atom is -0.509 e. The van der Waals surface area contributed by atoms with Crippen LogP contribution in [0.3, 0.4) is 0 Å². The maximum atomic E-state index is 9.54. The standard InChI is InChI=1S/C67H49N4O.Pt/c1-5-20-47(21-6-1)66(39-17-4-18-40-66)50-38-41-68-65(42-50)71-61-31-14-12-29-57(61)58-37-35-54(45-64(58)71)72-53-27-19-26-51(43-53)69-46-70(63-33-16-15-32-62(63)69)52-34-36-56-55-28-11-13-30-59(55)67(60(56)44-52,48-22-7-2-8-23-48)49-24-9-3-10-25-49;/h1-3,5-16,19-38,41-42,44,46H,4,17-18,39-40H2;/q-3;/i39D2,40D2;. The van der Waals surface area contributed by atoms with E-state index in [-0.39, 0.29) is 33.9 Å². The van der Waals surface area contributed by atoms with E-state index in [0.29, 0.717) is 34.9 Å². The van der Waals surface area contributed by atoms with E-state index in [4.69, 9.17) is 9.72 Å². The summed E-state index contributed by atoms with van der Waals surface area (Å²) in [7, 11) is 0. The first kappa shape index (κ1) is 40.6. The molecule has 0 radical (unpaired) electrons. The molecule has 73 heavy (non-hydrogen) atoms. The summed E-state index contributed by atoms with van der Waals surface area (Å²) in [6.07, 6.45) is -1.19. The minimum atomic E-state index is -1.89. The zero-order chi connectivity index (χ0) is 51.2.